The Labute approximate surface area is 212 Å². The van der Waals surface area contributed by atoms with E-state index >= 15 is 0 Å². The summed E-state index contributed by atoms with van der Waals surface area (Å²) in [4.78, 5) is 0. The lowest BCUT2D eigenvalue weighted by Gasteiger charge is -2.58. The molecule has 3 saturated carbocycles. The largest absolute Gasteiger partial charge is 0.374 e. The van der Waals surface area contributed by atoms with E-state index in [2.05, 4.69) is 59.8 Å². The summed E-state index contributed by atoms with van der Waals surface area (Å²) in [6, 6.07) is 0. The molecule has 3 fully saturated rings. The van der Waals surface area contributed by atoms with E-state index < -0.39 is 0 Å². The van der Waals surface area contributed by atoms with Gasteiger partial charge in [-0.3, -0.25) is 0 Å². The molecule has 8 atom stereocenters. The van der Waals surface area contributed by atoms with Crippen molar-refractivity contribution in [2.24, 2.45) is 46.3 Å². The molecule has 0 aromatic carbocycles. The van der Waals surface area contributed by atoms with Crippen LogP contribution in [0.25, 0.3) is 0 Å². The first-order valence-corrected chi connectivity index (χ1v) is 15.3. The summed E-state index contributed by atoms with van der Waals surface area (Å²) in [6.45, 7) is 15.8. The van der Waals surface area contributed by atoms with Gasteiger partial charge in [-0.1, -0.05) is 91.0 Å². The molecule has 0 heterocycles. The third-order valence-electron chi connectivity index (χ3n) is 11.3. The molecule has 0 radical (unpaired) electrons. The van der Waals surface area contributed by atoms with Crippen molar-refractivity contribution in [3.05, 3.63) is 23.8 Å². The Morgan fingerprint density at radius 2 is 1.82 bits per heavy atom. The minimum atomic E-state index is 0.443. The molecule has 4 aliphatic carbocycles. The van der Waals surface area contributed by atoms with E-state index in [9.17, 15) is 0 Å². The van der Waals surface area contributed by atoms with Gasteiger partial charge in [-0.15, -0.1) is 0 Å². The third-order valence-corrected chi connectivity index (χ3v) is 11.3. The second-order valence-electron chi connectivity index (χ2n) is 13.7. The molecule has 0 N–H and O–H groups in total. The van der Waals surface area contributed by atoms with Crippen molar-refractivity contribution >= 4 is 0 Å². The van der Waals surface area contributed by atoms with E-state index in [-0.39, 0.29) is 0 Å². The van der Waals surface area contributed by atoms with Gasteiger partial charge in [0.15, 0.2) is 0 Å². The summed E-state index contributed by atoms with van der Waals surface area (Å²) in [5.41, 5.74) is 2.82. The van der Waals surface area contributed by atoms with Gasteiger partial charge in [0.05, 0.1) is 12.7 Å². The van der Waals surface area contributed by atoms with E-state index in [0.717, 1.165) is 42.1 Å². The summed E-state index contributed by atoms with van der Waals surface area (Å²) in [7, 11) is 0. The van der Waals surface area contributed by atoms with E-state index in [1.165, 1.54) is 83.5 Å². The summed E-state index contributed by atoms with van der Waals surface area (Å²) in [5.74, 6) is 5.57. The highest BCUT2D eigenvalue weighted by atomic mass is 16.5. The molecule has 3 unspecified atom stereocenters. The van der Waals surface area contributed by atoms with Gasteiger partial charge in [0.25, 0.3) is 0 Å². The summed E-state index contributed by atoms with van der Waals surface area (Å²) in [6.07, 6.45) is 25.5. The normalized spacial score (nSPS) is 40.7. The van der Waals surface area contributed by atoms with Crippen molar-refractivity contribution in [2.75, 3.05) is 6.61 Å². The molecule has 0 aliphatic heterocycles. The van der Waals surface area contributed by atoms with Gasteiger partial charge < -0.3 is 4.74 Å². The highest BCUT2D eigenvalue weighted by Gasteiger charge is 2.59. The Bertz CT molecular complexity index is 718. The first-order chi connectivity index (χ1) is 16.3. The molecule has 4 aliphatic rings. The lowest BCUT2D eigenvalue weighted by Crippen LogP contribution is -2.51. The van der Waals surface area contributed by atoms with Crippen LogP contribution < -0.4 is 0 Å². The number of allylic oxidation sites excluding steroid dienone is 2. The quantitative estimate of drug-likeness (QED) is 0.290. The van der Waals surface area contributed by atoms with Crippen molar-refractivity contribution in [3.63, 3.8) is 0 Å². The number of unbranched alkanes of at least 4 members (excludes halogenated alkanes) is 1. The van der Waals surface area contributed by atoms with Gasteiger partial charge in [0.1, 0.15) is 0 Å². The van der Waals surface area contributed by atoms with Gasteiger partial charge in [-0.25, -0.2) is 0 Å². The van der Waals surface area contributed by atoms with E-state index in [1.54, 1.807) is 5.57 Å². The zero-order valence-corrected chi connectivity index (χ0v) is 23.6. The molecule has 0 amide bonds. The zero-order valence-electron chi connectivity index (χ0n) is 23.6. The highest BCUT2D eigenvalue weighted by molar-refractivity contribution is 5.25. The van der Waals surface area contributed by atoms with Gasteiger partial charge in [0, 0.05) is 0 Å². The van der Waals surface area contributed by atoms with Crippen LogP contribution in [0, 0.1) is 46.3 Å². The molecule has 4 rings (SSSR count). The lowest BCUT2D eigenvalue weighted by molar-refractivity contribution is -0.0621. The maximum absolute atomic E-state index is 6.30. The predicted octanol–water partition coefficient (Wildman–Crippen LogP) is 9.77. The first-order valence-electron chi connectivity index (χ1n) is 15.3. The lowest BCUT2D eigenvalue weighted by atomic mass is 9.47. The fraction of sp³-hybridized carbons (Fsp3) is 0.879. The fourth-order valence-electron chi connectivity index (χ4n) is 9.34. The van der Waals surface area contributed by atoms with E-state index in [0.29, 0.717) is 16.9 Å². The molecular weight excluding hydrogens is 412 g/mol. The second-order valence-corrected chi connectivity index (χ2v) is 13.7. The van der Waals surface area contributed by atoms with Crippen LogP contribution >= 0.6 is 0 Å². The van der Waals surface area contributed by atoms with Crippen LogP contribution in [0.2, 0.25) is 0 Å². The van der Waals surface area contributed by atoms with Crippen LogP contribution in [0.4, 0.5) is 0 Å². The molecule has 0 aromatic heterocycles. The van der Waals surface area contributed by atoms with Crippen LogP contribution in [0.3, 0.4) is 0 Å². The highest BCUT2D eigenvalue weighted by Crippen LogP contribution is 2.67. The fourth-order valence-corrected chi connectivity index (χ4v) is 9.34. The molecule has 0 bridgehead atoms. The van der Waals surface area contributed by atoms with Crippen LogP contribution in [0.1, 0.15) is 125 Å². The van der Waals surface area contributed by atoms with Crippen LogP contribution in [0.5, 0.6) is 0 Å². The topological polar surface area (TPSA) is 9.23 Å². The smallest absolute Gasteiger partial charge is 0.0651 e. The van der Waals surface area contributed by atoms with Crippen LogP contribution in [0.15, 0.2) is 23.8 Å². The average Bonchev–Trinajstić information content (AvgIpc) is 3.16. The van der Waals surface area contributed by atoms with Crippen molar-refractivity contribution in [1.29, 1.82) is 0 Å². The zero-order chi connectivity index (χ0) is 24.3. The second kappa shape index (κ2) is 11.2. The molecule has 0 spiro atoms. The molecule has 0 saturated heterocycles. The Kier molecular flexibility index (Phi) is 8.75. The molecular formula is C33H56O. The number of fused-ring (bicyclic) bond motifs is 5. The number of ether oxygens (including phenoxy) is 1. The Hall–Kier alpha value is -0.560. The van der Waals surface area contributed by atoms with Crippen molar-refractivity contribution in [2.45, 2.75) is 131 Å². The summed E-state index contributed by atoms with van der Waals surface area (Å²) in [5, 5.41) is 0. The number of rotatable bonds is 10. The molecule has 194 valence electrons. The van der Waals surface area contributed by atoms with Crippen molar-refractivity contribution in [1.82, 2.24) is 0 Å². The van der Waals surface area contributed by atoms with Gasteiger partial charge in [0.2, 0.25) is 0 Å². The predicted molar refractivity (Wildman–Crippen MR) is 147 cm³/mol. The average molecular weight is 469 g/mol. The van der Waals surface area contributed by atoms with Gasteiger partial charge in [-0.05, 0) is 104 Å². The number of hydrogen-bond donors (Lipinski definition) is 0. The molecule has 1 heteroatoms. The molecule has 0 aromatic rings. The Balaban J connectivity index is 1.39. The molecule has 34 heavy (non-hydrogen) atoms. The Morgan fingerprint density at radius 1 is 1.00 bits per heavy atom. The van der Waals surface area contributed by atoms with E-state index in [4.69, 9.17) is 4.74 Å². The summed E-state index contributed by atoms with van der Waals surface area (Å²) >= 11 is 0. The SMILES string of the molecule is CCC/C=C/CO[C@H]1CC[C@@]2(C)C(=CCC3C2CC[C@@]2(C)C3CC[C@@H]2[C@H](C)CCCC(C)C)C1. The maximum atomic E-state index is 6.30. The maximum Gasteiger partial charge on any atom is 0.0651 e. The van der Waals surface area contributed by atoms with E-state index in [1.807, 2.05) is 0 Å². The number of hydrogen-bond acceptors (Lipinski definition) is 1. The van der Waals surface area contributed by atoms with Gasteiger partial charge in [-0.2, -0.15) is 0 Å². The Morgan fingerprint density at radius 3 is 2.59 bits per heavy atom. The monoisotopic (exact) mass is 468 g/mol. The standard InChI is InChI=1S/C33H56O/c1-7-8-9-10-22-34-27-18-20-32(5)26(23-27)14-15-28-30-17-16-29(25(4)13-11-12-24(2)3)33(30,6)21-19-31(28)32/h9-10,14,24-25,27-31H,7-8,11-13,15-23H2,1-6H3/b10-9+/t25-,27+,28?,29-,30?,31?,32+,33-/m1/s1. The molecule has 1 nitrogen and oxygen atoms in total. The van der Waals surface area contributed by atoms with Crippen LogP contribution in [-0.2, 0) is 4.74 Å². The third kappa shape index (κ3) is 5.26. The van der Waals surface area contributed by atoms with Crippen LogP contribution in [-0.4, -0.2) is 12.7 Å². The first kappa shape index (κ1) is 26.5. The van der Waals surface area contributed by atoms with Gasteiger partial charge >= 0.3 is 0 Å². The van der Waals surface area contributed by atoms with Crippen molar-refractivity contribution in [3.8, 4) is 0 Å². The van der Waals surface area contributed by atoms with Crippen molar-refractivity contribution < 1.29 is 4.74 Å². The minimum Gasteiger partial charge on any atom is -0.374 e. The summed E-state index contributed by atoms with van der Waals surface area (Å²) < 4.78 is 6.30. The minimum absolute atomic E-state index is 0.443.